The molecule has 1 aliphatic carbocycles. The minimum atomic E-state index is -0.147. The van der Waals surface area contributed by atoms with E-state index in [1.807, 2.05) is 18.2 Å². The summed E-state index contributed by atoms with van der Waals surface area (Å²) in [7, 11) is 0. The first-order chi connectivity index (χ1) is 13.2. The second-order valence-electron chi connectivity index (χ2n) is 7.00. The van der Waals surface area contributed by atoms with Gasteiger partial charge in [-0.25, -0.2) is 4.79 Å². The standard InChI is InChI=1S/C22H19N3O2/c26-21(16-6-9-17(10-7-16)25-13-12-23-22(25)27)24-19-11-8-15-5-4-14-2-1-3-18(19)20(14)15/h1-3,6-11H,4-5,12-13H2,(H,23,27)(H,24,26). The van der Waals surface area contributed by atoms with Crippen LogP contribution in [0.4, 0.5) is 16.2 Å². The van der Waals surface area contributed by atoms with Crippen LogP contribution < -0.4 is 15.5 Å². The van der Waals surface area contributed by atoms with E-state index in [1.54, 1.807) is 17.0 Å². The zero-order valence-corrected chi connectivity index (χ0v) is 14.8. The highest BCUT2D eigenvalue weighted by molar-refractivity contribution is 6.10. The predicted octanol–water partition coefficient (Wildman–Crippen LogP) is 3.72. The quantitative estimate of drug-likeness (QED) is 0.750. The number of nitrogens with zero attached hydrogens (tertiary/aromatic N) is 1. The molecular weight excluding hydrogens is 338 g/mol. The molecule has 3 amide bonds. The summed E-state index contributed by atoms with van der Waals surface area (Å²) in [4.78, 5) is 26.2. The van der Waals surface area contributed by atoms with Gasteiger partial charge in [-0.2, -0.15) is 0 Å². The van der Waals surface area contributed by atoms with E-state index in [9.17, 15) is 9.59 Å². The van der Waals surface area contributed by atoms with E-state index in [-0.39, 0.29) is 11.9 Å². The fraction of sp³-hybridized carbons (Fsp3) is 0.182. The molecule has 2 N–H and O–H groups in total. The van der Waals surface area contributed by atoms with Crippen molar-refractivity contribution in [1.29, 1.82) is 0 Å². The van der Waals surface area contributed by atoms with Crippen LogP contribution in [0, 0.1) is 0 Å². The molecule has 0 saturated carbocycles. The van der Waals surface area contributed by atoms with E-state index >= 15 is 0 Å². The number of amides is 3. The third-order valence-electron chi connectivity index (χ3n) is 5.42. The SMILES string of the molecule is O=C(Nc1ccc2c3c(cccc13)CC2)c1ccc(N2CCNC2=O)cc1. The number of nitrogens with one attached hydrogen (secondary N) is 2. The Labute approximate surface area is 157 Å². The Bertz CT molecular complexity index is 1060. The largest absolute Gasteiger partial charge is 0.336 e. The number of urea groups is 1. The second kappa shape index (κ2) is 6.13. The van der Waals surface area contributed by atoms with Gasteiger partial charge in [-0.05, 0) is 59.7 Å². The fourth-order valence-corrected chi connectivity index (χ4v) is 4.06. The van der Waals surface area contributed by atoms with Crippen LogP contribution in [-0.2, 0) is 12.8 Å². The second-order valence-corrected chi connectivity index (χ2v) is 7.00. The van der Waals surface area contributed by atoms with Gasteiger partial charge in [0.25, 0.3) is 5.91 Å². The number of carbonyl (C=O) groups excluding carboxylic acids is 2. The van der Waals surface area contributed by atoms with Crippen LogP contribution in [0.3, 0.4) is 0 Å². The Balaban J connectivity index is 1.41. The molecule has 2 aliphatic rings. The molecular formula is C22H19N3O2. The fourth-order valence-electron chi connectivity index (χ4n) is 4.06. The summed E-state index contributed by atoms with van der Waals surface area (Å²) < 4.78 is 0. The molecule has 0 radical (unpaired) electrons. The van der Waals surface area contributed by atoms with Gasteiger partial charge in [-0.3, -0.25) is 9.69 Å². The molecule has 1 saturated heterocycles. The van der Waals surface area contributed by atoms with Crippen molar-refractivity contribution in [2.45, 2.75) is 12.8 Å². The van der Waals surface area contributed by atoms with Crippen molar-refractivity contribution < 1.29 is 9.59 Å². The van der Waals surface area contributed by atoms with Crippen LogP contribution in [0.25, 0.3) is 10.8 Å². The molecule has 1 aliphatic heterocycles. The lowest BCUT2D eigenvalue weighted by Gasteiger charge is -2.15. The first-order valence-electron chi connectivity index (χ1n) is 9.21. The highest BCUT2D eigenvalue weighted by Gasteiger charge is 2.21. The highest BCUT2D eigenvalue weighted by Crippen LogP contribution is 2.35. The molecule has 0 bridgehead atoms. The van der Waals surface area contributed by atoms with Crippen molar-refractivity contribution in [2.75, 3.05) is 23.3 Å². The van der Waals surface area contributed by atoms with Gasteiger partial charge in [0, 0.05) is 35.4 Å². The van der Waals surface area contributed by atoms with Crippen molar-refractivity contribution >= 4 is 34.1 Å². The number of aryl methyl sites for hydroxylation is 2. The number of carbonyl (C=O) groups is 2. The van der Waals surface area contributed by atoms with Crippen LogP contribution in [0.15, 0.2) is 54.6 Å². The zero-order chi connectivity index (χ0) is 18.4. The summed E-state index contributed by atoms with van der Waals surface area (Å²) in [5, 5.41) is 8.21. The number of hydrogen-bond acceptors (Lipinski definition) is 2. The van der Waals surface area contributed by atoms with Gasteiger partial charge in [0.2, 0.25) is 0 Å². The smallest absolute Gasteiger partial charge is 0.321 e. The highest BCUT2D eigenvalue weighted by atomic mass is 16.2. The Morgan fingerprint density at radius 2 is 1.74 bits per heavy atom. The lowest BCUT2D eigenvalue weighted by atomic mass is 10.0. The average molecular weight is 357 g/mol. The molecule has 1 heterocycles. The van der Waals surface area contributed by atoms with Gasteiger partial charge in [-0.1, -0.05) is 24.3 Å². The average Bonchev–Trinajstić information content (AvgIpc) is 3.31. The van der Waals surface area contributed by atoms with Gasteiger partial charge in [0.1, 0.15) is 0 Å². The zero-order valence-electron chi connectivity index (χ0n) is 14.8. The summed E-state index contributed by atoms with van der Waals surface area (Å²) in [6.45, 7) is 1.29. The molecule has 0 spiro atoms. The lowest BCUT2D eigenvalue weighted by molar-refractivity contribution is 0.102. The molecule has 5 nitrogen and oxygen atoms in total. The van der Waals surface area contributed by atoms with Crippen molar-refractivity contribution in [3.05, 3.63) is 71.3 Å². The van der Waals surface area contributed by atoms with Crippen molar-refractivity contribution in [3.8, 4) is 0 Å². The van der Waals surface area contributed by atoms with E-state index in [2.05, 4.69) is 34.9 Å². The summed E-state index contributed by atoms with van der Waals surface area (Å²) in [6.07, 6.45) is 2.13. The van der Waals surface area contributed by atoms with Gasteiger partial charge in [0.05, 0.1) is 0 Å². The molecule has 3 aromatic rings. The van der Waals surface area contributed by atoms with Crippen molar-refractivity contribution in [3.63, 3.8) is 0 Å². The maximum atomic E-state index is 12.7. The predicted molar refractivity (Wildman–Crippen MR) is 106 cm³/mol. The van der Waals surface area contributed by atoms with E-state index in [1.165, 1.54) is 16.5 Å². The number of anilines is 2. The Morgan fingerprint density at radius 3 is 2.48 bits per heavy atom. The van der Waals surface area contributed by atoms with Crippen LogP contribution >= 0.6 is 0 Å². The number of hydrogen-bond donors (Lipinski definition) is 2. The Morgan fingerprint density at radius 1 is 0.963 bits per heavy atom. The molecule has 0 unspecified atom stereocenters. The molecule has 3 aromatic carbocycles. The summed E-state index contributed by atoms with van der Waals surface area (Å²) in [5.74, 6) is -0.147. The summed E-state index contributed by atoms with van der Waals surface area (Å²) >= 11 is 0. The molecule has 5 rings (SSSR count). The Hall–Kier alpha value is -3.34. The van der Waals surface area contributed by atoms with Crippen LogP contribution in [0.2, 0.25) is 0 Å². The maximum Gasteiger partial charge on any atom is 0.321 e. The van der Waals surface area contributed by atoms with E-state index in [0.29, 0.717) is 18.7 Å². The van der Waals surface area contributed by atoms with Gasteiger partial charge >= 0.3 is 6.03 Å². The molecule has 27 heavy (non-hydrogen) atoms. The van der Waals surface area contributed by atoms with Gasteiger partial charge in [0.15, 0.2) is 0 Å². The maximum absolute atomic E-state index is 12.7. The number of rotatable bonds is 3. The summed E-state index contributed by atoms with van der Waals surface area (Å²) in [5.41, 5.74) is 4.91. The van der Waals surface area contributed by atoms with Crippen LogP contribution in [0.5, 0.6) is 0 Å². The van der Waals surface area contributed by atoms with Crippen molar-refractivity contribution in [1.82, 2.24) is 5.32 Å². The van der Waals surface area contributed by atoms with E-state index < -0.39 is 0 Å². The molecule has 0 aromatic heterocycles. The van der Waals surface area contributed by atoms with Crippen LogP contribution in [0.1, 0.15) is 21.5 Å². The summed E-state index contributed by atoms with van der Waals surface area (Å²) in [6, 6.07) is 17.4. The van der Waals surface area contributed by atoms with E-state index in [4.69, 9.17) is 0 Å². The van der Waals surface area contributed by atoms with Crippen molar-refractivity contribution in [2.24, 2.45) is 0 Å². The van der Waals surface area contributed by atoms with Gasteiger partial charge in [-0.15, -0.1) is 0 Å². The Kier molecular flexibility index (Phi) is 3.60. The third-order valence-corrected chi connectivity index (χ3v) is 5.42. The first kappa shape index (κ1) is 15.9. The normalized spacial score (nSPS) is 15.3. The van der Waals surface area contributed by atoms with E-state index in [0.717, 1.165) is 29.6 Å². The molecule has 134 valence electrons. The molecule has 0 atom stereocenters. The topological polar surface area (TPSA) is 61.4 Å². The third kappa shape index (κ3) is 2.63. The minimum absolute atomic E-state index is 0.0971. The monoisotopic (exact) mass is 357 g/mol. The minimum Gasteiger partial charge on any atom is -0.336 e. The number of benzene rings is 3. The lowest BCUT2D eigenvalue weighted by Crippen LogP contribution is -2.27. The van der Waals surface area contributed by atoms with Crippen LogP contribution in [-0.4, -0.2) is 25.0 Å². The van der Waals surface area contributed by atoms with Gasteiger partial charge < -0.3 is 10.6 Å². The molecule has 1 fully saturated rings. The molecule has 5 heteroatoms. The first-order valence-corrected chi connectivity index (χ1v) is 9.21.